The summed E-state index contributed by atoms with van der Waals surface area (Å²) in [4.78, 5) is 16.5. The molecule has 0 bridgehead atoms. The van der Waals surface area contributed by atoms with Crippen LogP contribution in [0.15, 0.2) is 40.3 Å². The second-order valence-corrected chi connectivity index (χ2v) is 5.96. The number of ether oxygens (including phenoxy) is 1. The minimum atomic E-state index is -1.52. The van der Waals surface area contributed by atoms with Crippen molar-refractivity contribution in [2.24, 2.45) is 0 Å². The summed E-state index contributed by atoms with van der Waals surface area (Å²) in [6.07, 6.45) is 0. The Kier molecular flexibility index (Phi) is 3.84. The Morgan fingerprint density at radius 3 is 3.05 bits per heavy atom. The van der Waals surface area contributed by atoms with Gasteiger partial charge in [0, 0.05) is 11.8 Å². The molecule has 2 heterocycles. The van der Waals surface area contributed by atoms with Crippen LogP contribution in [0, 0.1) is 6.92 Å². The van der Waals surface area contributed by atoms with Crippen molar-refractivity contribution < 1.29 is 9.84 Å². The van der Waals surface area contributed by atoms with Gasteiger partial charge in [0.25, 0.3) is 5.56 Å². The molecule has 22 heavy (non-hydrogen) atoms. The van der Waals surface area contributed by atoms with E-state index in [9.17, 15) is 9.90 Å². The molecule has 3 rings (SSSR count). The number of aryl methyl sites for hydroxylation is 1. The van der Waals surface area contributed by atoms with E-state index in [1.54, 1.807) is 13.0 Å². The van der Waals surface area contributed by atoms with E-state index >= 15 is 0 Å². The Hall–Kier alpha value is -1.99. The van der Waals surface area contributed by atoms with Crippen molar-refractivity contribution in [3.63, 3.8) is 0 Å². The average molecular weight is 319 g/mol. The number of benzene rings is 1. The molecule has 7 heteroatoms. The van der Waals surface area contributed by atoms with Crippen LogP contribution in [0.4, 0.5) is 5.69 Å². The normalized spacial score (nSPS) is 19.8. The number of anilines is 1. The maximum atomic E-state index is 12.2. The summed E-state index contributed by atoms with van der Waals surface area (Å²) < 4.78 is 6.83. The van der Waals surface area contributed by atoms with Gasteiger partial charge in [-0.2, -0.15) is 0 Å². The number of aromatic nitrogens is 2. The van der Waals surface area contributed by atoms with Gasteiger partial charge >= 0.3 is 0 Å². The van der Waals surface area contributed by atoms with Crippen LogP contribution in [0.5, 0.6) is 5.75 Å². The van der Waals surface area contributed by atoms with Gasteiger partial charge in [-0.1, -0.05) is 23.9 Å². The summed E-state index contributed by atoms with van der Waals surface area (Å²) in [7, 11) is 0. The van der Waals surface area contributed by atoms with Crippen molar-refractivity contribution in [2.75, 3.05) is 17.7 Å². The molecule has 1 atom stereocenters. The Labute approximate surface area is 132 Å². The highest BCUT2D eigenvalue weighted by Gasteiger charge is 2.39. The standard InChI is InChI=1S/C15H17N3O3S/c1-3-21-12-7-5-4-6-11(12)17-15(20)9-22-14-16-10(2)8-13(19)18(14)15/h4-8,17,20H,3,9H2,1-2H3. The summed E-state index contributed by atoms with van der Waals surface area (Å²) in [6, 6.07) is 8.73. The second-order valence-electron chi connectivity index (χ2n) is 5.01. The lowest BCUT2D eigenvalue weighted by Gasteiger charge is -2.27. The third-order valence-electron chi connectivity index (χ3n) is 3.31. The van der Waals surface area contributed by atoms with E-state index in [2.05, 4.69) is 10.3 Å². The molecule has 1 aliphatic heterocycles. The van der Waals surface area contributed by atoms with Crippen molar-refractivity contribution in [2.45, 2.75) is 24.9 Å². The molecule has 1 aromatic carbocycles. The first-order chi connectivity index (χ1) is 10.5. The van der Waals surface area contributed by atoms with Crippen molar-refractivity contribution in [3.8, 4) is 5.75 Å². The lowest BCUT2D eigenvalue weighted by Crippen LogP contribution is -2.46. The molecule has 0 radical (unpaired) electrons. The van der Waals surface area contributed by atoms with Gasteiger partial charge in [0.1, 0.15) is 5.75 Å². The first-order valence-electron chi connectivity index (χ1n) is 7.00. The minimum absolute atomic E-state index is 0.281. The number of para-hydroxylation sites is 2. The van der Waals surface area contributed by atoms with E-state index in [0.717, 1.165) is 0 Å². The number of aliphatic hydroxyl groups is 1. The fourth-order valence-corrected chi connectivity index (χ4v) is 3.51. The summed E-state index contributed by atoms with van der Waals surface area (Å²) in [5.41, 5.74) is 0.992. The molecule has 6 nitrogen and oxygen atoms in total. The lowest BCUT2D eigenvalue weighted by atomic mass is 10.2. The van der Waals surface area contributed by atoms with E-state index < -0.39 is 5.85 Å². The Morgan fingerprint density at radius 2 is 2.27 bits per heavy atom. The van der Waals surface area contributed by atoms with Crippen LogP contribution in [0.25, 0.3) is 0 Å². The minimum Gasteiger partial charge on any atom is -0.492 e. The highest BCUT2D eigenvalue weighted by molar-refractivity contribution is 7.99. The summed E-state index contributed by atoms with van der Waals surface area (Å²) in [6.45, 7) is 4.17. The molecule has 2 N–H and O–H groups in total. The highest BCUT2D eigenvalue weighted by atomic mass is 32.2. The number of hydrogen-bond donors (Lipinski definition) is 2. The zero-order valence-electron chi connectivity index (χ0n) is 12.4. The van der Waals surface area contributed by atoms with Crippen molar-refractivity contribution in [1.82, 2.24) is 9.55 Å². The molecular formula is C15H17N3O3S. The number of nitrogens with zero attached hydrogens (tertiary/aromatic N) is 2. The van der Waals surface area contributed by atoms with Gasteiger partial charge in [-0.3, -0.25) is 4.79 Å². The SMILES string of the molecule is CCOc1ccccc1NC1(O)CSc2nc(C)cc(=O)n21. The molecule has 1 aliphatic rings. The molecule has 2 aromatic rings. The predicted molar refractivity (Wildman–Crippen MR) is 85.4 cm³/mol. The van der Waals surface area contributed by atoms with Gasteiger partial charge in [-0.15, -0.1) is 0 Å². The quantitative estimate of drug-likeness (QED) is 0.661. The highest BCUT2D eigenvalue weighted by Crippen LogP contribution is 2.36. The first kappa shape index (κ1) is 14.9. The third-order valence-corrected chi connectivity index (χ3v) is 4.39. The summed E-state index contributed by atoms with van der Waals surface area (Å²) in [5, 5.41) is 14.4. The van der Waals surface area contributed by atoms with Crippen molar-refractivity contribution in [3.05, 3.63) is 46.4 Å². The van der Waals surface area contributed by atoms with Crippen LogP contribution in [0.1, 0.15) is 12.6 Å². The van der Waals surface area contributed by atoms with E-state index in [1.165, 1.54) is 22.4 Å². The van der Waals surface area contributed by atoms with Gasteiger partial charge in [-0.05, 0) is 26.0 Å². The van der Waals surface area contributed by atoms with E-state index in [-0.39, 0.29) is 5.56 Å². The maximum absolute atomic E-state index is 12.2. The zero-order valence-corrected chi connectivity index (χ0v) is 13.2. The molecule has 0 saturated carbocycles. The third kappa shape index (κ3) is 2.57. The lowest BCUT2D eigenvalue weighted by molar-refractivity contribution is 0.0102. The first-order valence-corrected chi connectivity index (χ1v) is 7.98. The average Bonchev–Trinajstić information content (AvgIpc) is 2.78. The van der Waals surface area contributed by atoms with Gasteiger partial charge in [-0.25, -0.2) is 9.55 Å². The molecular weight excluding hydrogens is 302 g/mol. The Morgan fingerprint density at radius 1 is 1.50 bits per heavy atom. The van der Waals surface area contributed by atoms with E-state index in [0.29, 0.717) is 34.6 Å². The van der Waals surface area contributed by atoms with Gasteiger partial charge in [0.2, 0.25) is 5.85 Å². The topological polar surface area (TPSA) is 76.4 Å². The summed E-state index contributed by atoms with van der Waals surface area (Å²) >= 11 is 1.34. The van der Waals surface area contributed by atoms with Gasteiger partial charge in [0.05, 0.1) is 18.0 Å². The van der Waals surface area contributed by atoms with Crippen molar-refractivity contribution in [1.29, 1.82) is 0 Å². The van der Waals surface area contributed by atoms with Gasteiger partial charge < -0.3 is 15.2 Å². The Bertz CT molecular complexity index is 762. The molecule has 0 spiro atoms. The second kappa shape index (κ2) is 5.66. The summed E-state index contributed by atoms with van der Waals surface area (Å²) in [5.74, 6) is -0.602. The zero-order chi connectivity index (χ0) is 15.7. The fourth-order valence-electron chi connectivity index (χ4n) is 2.40. The van der Waals surface area contributed by atoms with E-state index in [1.807, 2.05) is 25.1 Å². The van der Waals surface area contributed by atoms with Crippen LogP contribution in [0.2, 0.25) is 0 Å². The van der Waals surface area contributed by atoms with Crippen LogP contribution >= 0.6 is 11.8 Å². The molecule has 0 aliphatic carbocycles. The van der Waals surface area contributed by atoms with Crippen molar-refractivity contribution >= 4 is 17.4 Å². The van der Waals surface area contributed by atoms with Crippen LogP contribution in [0.3, 0.4) is 0 Å². The fraction of sp³-hybridized carbons (Fsp3) is 0.333. The monoisotopic (exact) mass is 319 g/mol. The number of nitrogens with one attached hydrogen (secondary N) is 1. The molecule has 0 saturated heterocycles. The van der Waals surface area contributed by atoms with E-state index in [4.69, 9.17) is 4.74 Å². The van der Waals surface area contributed by atoms with Crippen LogP contribution < -0.4 is 15.6 Å². The maximum Gasteiger partial charge on any atom is 0.258 e. The van der Waals surface area contributed by atoms with Crippen LogP contribution in [-0.2, 0) is 5.85 Å². The molecule has 1 aromatic heterocycles. The Balaban J connectivity index is 2.00. The number of rotatable bonds is 4. The number of thioether (sulfide) groups is 1. The smallest absolute Gasteiger partial charge is 0.258 e. The molecule has 0 amide bonds. The van der Waals surface area contributed by atoms with Gasteiger partial charge in [0.15, 0.2) is 5.16 Å². The molecule has 116 valence electrons. The van der Waals surface area contributed by atoms with Crippen LogP contribution in [-0.4, -0.2) is 27.0 Å². The predicted octanol–water partition coefficient (Wildman–Crippen LogP) is 1.77. The molecule has 0 fully saturated rings. The number of fused-ring (bicyclic) bond motifs is 1. The molecule has 1 unspecified atom stereocenters. The largest absolute Gasteiger partial charge is 0.492 e. The number of hydrogen-bond acceptors (Lipinski definition) is 6.